The lowest BCUT2D eigenvalue weighted by atomic mass is 10.0. The van der Waals surface area contributed by atoms with Gasteiger partial charge in [-0.3, -0.25) is 0 Å². The maximum Gasteiger partial charge on any atom is 0.161 e. The molecule has 0 aliphatic carbocycles. The van der Waals surface area contributed by atoms with Crippen molar-refractivity contribution < 1.29 is 44.9 Å². The molecule has 0 amide bonds. The third-order valence-corrected chi connectivity index (χ3v) is 3.29. The molecular weight excluding hydrogens is 288 g/mol. The molecule has 21 heavy (non-hydrogen) atoms. The maximum atomic E-state index is 10.4. The van der Waals surface area contributed by atoms with Gasteiger partial charge in [-0.25, -0.2) is 0 Å². The van der Waals surface area contributed by atoms with Crippen LogP contribution in [0.3, 0.4) is 0 Å². The van der Waals surface area contributed by atoms with E-state index in [1.807, 2.05) is 0 Å². The molecule has 124 valence electrons. The molecule has 1 aliphatic rings. The second kappa shape index (κ2) is 8.71. The number of aliphatic hydroxyl groups excluding tert-OH is 6. The Bertz CT molecular complexity index is 313. The molecule has 6 N–H and O–H groups in total. The third kappa shape index (κ3) is 5.24. The second-order valence-electron chi connectivity index (χ2n) is 4.94. The Balaban J connectivity index is 2.66. The fraction of sp³-hybridized carbons (Fsp3) is 0.917. The van der Waals surface area contributed by atoms with E-state index in [9.17, 15) is 25.2 Å². The molecule has 0 radical (unpaired) electrons. The first kappa shape index (κ1) is 18.4. The minimum atomic E-state index is -1.39. The summed E-state index contributed by atoms with van der Waals surface area (Å²) in [6, 6.07) is 0. The van der Waals surface area contributed by atoms with Gasteiger partial charge in [0.25, 0.3) is 0 Å². The number of hydrogen-bond acceptors (Lipinski definition) is 9. The van der Waals surface area contributed by atoms with Crippen LogP contribution >= 0.6 is 0 Å². The zero-order chi connectivity index (χ0) is 16.0. The van der Waals surface area contributed by atoms with E-state index in [1.165, 1.54) is 0 Å². The van der Waals surface area contributed by atoms with Crippen LogP contribution in [0.15, 0.2) is 0 Å². The van der Waals surface area contributed by atoms with Gasteiger partial charge >= 0.3 is 0 Å². The van der Waals surface area contributed by atoms with Crippen molar-refractivity contribution in [1.82, 2.24) is 0 Å². The van der Waals surface area contributed by atoms with E-state index in [-0.39, 0.29) is 19.1 Å². The van der Waals surface area contributed by atoms with Crippen molar-refractivity contribution >= 4 is 6.29 Å². The highest BCUT2D eigenvalue weighted by atomic mass is 16.7. The number of carbonyl (C=O) groups excluding carboxylic acids is 1. The number of rotatable bonds is 8. The van der Waals surface area contributed by atoms with E-state index < -0.39 is 56.1 Å². The van der Waals surface area contributed by atoms with Crippen molar-refractivity contribution in [3.8, 4) is 0 Å². The second-order valence-corrected chi connectivity index (χ2v) is 4.94. The lowest BCUT2D eigenvalue weighted by molar-refractivity contribution is -0.280. The van der Waals surface area contributed by atoms with Gasteiger partial charge in [0.05, 0.1) is 25.4 Å². The van der Waals surface area contributed by atoms with Crippen LogP contribution in [0.25, 0.3) is 0 Å². The number of aldehydes is 1. The van der Waals surface area contributed by atoms with Gasteiger partial charge < -0.3 is 44.9 Å². The highest BCUT2D eigenvalue weighted by molar-refractivity contribution is 5.55. The third-order valence-electron chi connectivity index (χ3n) is 3.29. The van der Waals surface area contributed by atoms with Crippen LogP contribution in [0.1, 0.15) is 12.8 Å². The van der Waals surface area contributed by atoms with Gasteiger partial charge in [0.15, 0.2) is 6.29 Å². The predicted molar refractivity (Wildman–Crippen MR) is 67.0 cm³/mol. The normalized spacial score (nSPS) is 34.2. The molecule has 9 nitrogen and oxygen atoms in total. The Morgan fingerprint density at radius 1 is 1.29 bits per heavy atom. The summed E-state index contributed by atoms with van der Waals surface area (Å²) in [5, 5.41) is 56.1. The summed E-state index contributed by atoms with van der Waals surface area (Å²) in [6.07, 6.45) is -8.56. The monoisotopic (exact) mass is 310 g/mol. The van der Waals surface area contributed by atoms with Gasteiger partial charge in [-0.1, -0.05) is 0 Å². The fourth-order valence-corrected chi connectivity index (χ4v) is 2.06. The molecule has 1 rings (SSSR count). The highest BCUT2D eigenvalue weighted by Gasteiger charge is 2.38. The molecule has 0 aromatic carbocycles. The number of carbonyl (C=O) groups is 1. The molecule has 0 saturated carbocycles. The van der Waals surface area contributed by atoms with Crippen molar-refractivity contribution in [2.24, 2.45) is 0 Å². The molecule has 1 heterocycles. The van der Waals surface area contributed by atoms with Crippen LogP contribution in [0.5, 0.6) is 0 Å². The molecule has 0 aromatic heterocycles. The zero-order valence-corrected chi connectivity index (χ0v) is 11.4. The van der Waals surface area contributed by atoms with E-state index in [0.29, 0.717) is 0 Å². The molecule has 9 heteroatoms. The summed E-state index contributed by atoms with van der Waals surface area (Å²) >= 11 is 0. The Morgan fingerprint density at radius 2 is 1.95 bits per heavy atom. The number of hydrogen-bond donors (Lipinski definition) is 6. The van der Waals surface area contributed by atoms with Gasteiger partial charge in [0.1, 0.15) is 30.7 Å². The van der Waals surface area contributed by atoms with Crippen molar-refractivity contribution in [3.05, 3.63) is 0 Å². The topological polar surface area (TPSA) is 157 Å². The summed E-state index contributed by atoms with van der Waals surface area (Å²) in [5.74, 6) is 0. The molecule has 1 fully saturated rings. The fourth-order valence-electron chi connectivity index (χ4n) is 2.06. The SMILES string of the molecule is O=C[C@H](O)C[C@H](O[C@H]1C[C@@H](O)[C@@H](O)[C@@H](CO)O1)[C@H](O)CO. The van der Waals surface area contributed by atoms with Crippen molar-refractivity contribution in [3.63, 3.8) is 0 Å². The van der Waals surface area contributed by atoms with Crippen LogP contribution in [-0.2, 0) is 14.3 Å². The van der Waals surface area contributed by atoms with Gasteiger partial charge in [-0.2, -0.15) is 0 Å². The smallest absolute Gasteiger partial charge is 0.161 e. The van der Waals surface area contributed by atoms with Crippen LogP contribution in [0.2, 0.25) is 0 Å². The number of ether oxygens (including phenoxy) is 2. The largest absolute Gasteiger partial charge is 0.394 e. The quantitative estimate of drug-likeness (QED) is 0.250. The summed E-state index contributed by atoms with van der Waals surface area (Å²) in [5.41, 5.74) is 0. The van der Waals surface area contributed by atoms with Crippen LogP contribution < -0.4 is 0 Å². The average molecular weight is 310 g/mol. The summed E-state index contributed by atoms with van der Waals surface area (Å²) < 4.78 is 10.5. The van der Waals surface area contributed by atoms with Gasteiger partial charge in [0.2, 0.25) is 0 Å². The Labute approximate surface area is 121 Å². The Hall–Kier alpha value is -0.650. The average Bonchev–Trinajstić information content (AvgIpc) is 2.48. The van der Waals surface area contributed by atoms with Crippen molar-refractivity contribution in [2.45, 2.75) is 55.8 Å². The Morgan fingerprint density at radius 3 is 2.48 bits per heavy atom. The standard InChI is InChI=1S/C12H22O9/c13-3-6(16)1-9(8(18)4-14)20-11-2-7(17)12(19)10(5-15)21-11/h3,6-12,14-19H,1-2,4-5H2/t6-,7-,8-,9+,10-,11-,12-/m1/s1. The van der Waals surface area contributed by atoms with Gasteiger partial charge in [0, 0.05) is 12.8 Å². The Kier molecular flexibility index (Phi) is 7.63. The first-order valence-electron chi connectivity index (χ1n) is 6.63. The highest BCUT2D eigenvalue weighted by Crippen LogP contribution is 2.23. The molecule has 0 aromatic rings. The predicted octanol–water partition coefficient (Wildman–Crippen LogP) is -3.50. The first-order chi connectivity index (χ1) is 9.92. The van der Waals surface area contributed by atoms with E-state index in [2.05, 4.69) is 0 Å². The van der Waals surface area contributed by atoms with Crippen molar-refractivity contribution in [2.75, 3.05) is 13.2 Å². The molecule has 0 unspecified atom stereocenters. The molecule has 0 spiro atoms. The molecule has 7 atom stereocenters. The van der Waals surface area contributed by atoms with Crippen LogP contribution in [-0.4, -0.2) is 93.1 Å². The lowest BCUT2D eigenvalue weighted by Gasteiger charge is -2.38. The maximum absolute atomic E-state index is 10.4. The molecular formula is C12H22O9. The van der Waals surface area contributed by atoms with E-state index in [4.69, 9.17) is 19.7 Å². The van der Waals surface area contributed by atoms with Crippen molar-refractivity contribution in [1.29, 1.82) is 0 Å². The van der Waals surface area contributed by atoms with Crippen LogP contribution in [0.4, 0.5) is 0 Å². The molecule has 1 saturated heterocycles. The lowest BCUT2D eigenvalue weighted by Crippen LogP contribution is -2.52. The molecule has 1 aliphatic heterocycles. The number of aliphatic hydroxyl groups is 6. The summed E-state index contributed by atoms with van der Waals surface area (Å²) in [7, 11) is 0. The van der Waals surface area contributed by atoms with Gasteiger partial charge in [-0.05, 0) is 0 Å². The first-order valence-corrected chi connectivity index (χ1v) is 6.63. The minimum Gasteiger partial charge on any atom is -0.394 e. The molecule has 0 bridgehead atoms. The van der Waals surface area contributed by atoms with E-state index in [0.717, 1.165) is 0 Å². The minimum absolute atomic E-state index is 0.122. The van der Waals surface area contributed by atoms with Gasteiger partial charge in [-0.15, -0.1) is 0 Å². The summed E-state index contributed by atoms with van der Waals surface area (Å²) in [6.45, 7) is -1.19. The zero-order valence-electron chi connectivity index (χ0n) is 11.4. The van der Waals surface area contributed by atoms with Crippen LogP contribution in [0, 0.1) is 0 Å². The summed E-state index contributed by atoms with van der Waals surface area (Å²) in [4.78, 5) is 10.4. The van der Waals surface area contributed by atoms with E-state index >= 15 is 0 Å². The van der Waals surface area contributed by atoms with E-state index in [1.54, 1.807) is 0 Å².